The van der Waals surface area contributed by atoms with Crippen LogP contribution in [0.5, 0.6) is 0 Å². The van der Waals surface area contributed by atoms with E-state index in [9.17, 15) is 15.0 Å². The molecule has 3 heteroatoms. The summed E-state index contributed by atoms with van der Waals surface area (Å²) in [5.74, 6) is 4.42. The van der Waals surface area contributed by atoms with Gasteiger partial charge < -0.3 is 10.2 Å². The Labute approximate surface area is 158 Å². The van der Waals surface area contributed by atoms with Gasteiger partial charge >= 0.3 is 0 Å². The second-order valence-electron chi connectivity index (χ2n) is 10.4. The molecule has 0 aromatic carbocycles. The van der Waals surface area contributed by atoms with E-state index in [0.717, 1.165) is 30.6 Å². The molecule has 0 aromatic rings. The van der Waals surface area contributed by atoms with Crippen molar-refractivity contribution in [3.8, 4) is 0 Å². The first kappa shape index (κ1) is 18.7. The Hall–Kier alpha value is -0.670. The molecule has 4 aliphatic rings. The molecule has 0 saturated heterocycles. The number of allylic oxidation sites excluding steroid dienone is 1. The highest BCUT2D eigenvalue weighted by atomic mass is 16.5. The quantitative estimate of drug-likeness (QED) is 0.569. The molecule has 0 heterocycles. The minimum atomic E-state index is -1.33. The van der Waals surface area contributed by atoms with Crippen molar-refractivity contribution in [3.05, 3.63) is 12.2 Å². The normalized spacial score (nSPS) is 51.4. The van der Waals surface area contributed by atoms with Gasteiger partial charge in [-0.15, -0.1) is 0 Å². The summed E-state index contributed by atoms with van der Waals surface area (Å²) in [7, 11) is 0. The number of hydrogen-bond donors (Lipinski definition) is 2. The molecule has 146 valence electrons. The molecule has 26 heavy (non-hydrogen) atoms. The third kappa shape index (κ3) is 2.64. The molecular weight excluding hydrogens is 324 g/mol. The van der Waals surface area contributed by atoms with E-state index in [-0.39, 0.29) is 0 Å². The van der Waals surface area contributed by atoms with Gasteiger partial charge in [0.05, 0.1) is 0 Å². The van der Waals surface area contributed by atoms with Crippen LogP contribution in [0.3, 0.4) is 0 Å². The molecule has 3 nitrogen and oxygen atoms in total. The highest BCUT2D eigenvalue weighted by molar-refractivity contribution is 5.80. The lowest BCUT2D eigenvalue weighted by Crippen LogP contribution is -2.56. The fourth-order valence-corrected chi connectivity index (χ4v) is 8.07. The molecule has 0 spiro atoms. The van der Waals surface area contributed by atoms with Crippen molar-refractivity contribution in [2.75, 3.05) is 0 Å². The van der Waals surface area contributed by atoms with E-state index in [1.165, 1.54) is 38.5 Å². The predicted molar refractivity (Wildman–Crippen MR) is 102 cm³/mol. The molecule has 0 aromatic heterocycles. The van der Waals surface area contributed by atoms with Gasteiger partial charge in [0.25, 0.3) is 0 Å². The summed E-state index contributed by atoms with van der Waals surface area (Å²) < 4.78 is 0. The van der Waals surface area contributed by atoms with Gasteiger partial charge in [0.1, 0.15) is 5.78 Å². The Bertz CT molecular complexity index is 596. The molecule has 2 N–H and O–H groups in total. The van der Waals surface area contributed by atoms with E-state index in [1.807, 2.05) is 0 Å². The summed E-state index contributed by atoms with van der Waals surface area (Å²) in [4.78, 5) is 12.2. The maximum absolute atomic E-state index is 12.2. The summed E-state index contributed by atoms with van der Waals surface area (Å²) in [5, 5.41) is 18.5. The van der Waals surface area contributed by atoms with Gasteiger partial charge in [0, 0.05) is 12.8 Å². The molecule has 4 fully saturated rings. The van der Waals surface area contributed by atoms with Crippen LogP contribution in [0, 0.1) is 46.3 Å². The number of Topliss-reactive ketones (excluding diaryl/α,β-unsaturated/α-hetero) is 1. The van der Waals surface area contributed by atoms with Crippen LogP contribution < -0.4 is 0 Å². The van der Waals surface area contributed by atoms with Crippen molar-refractivity contribution < 1.29 is 15.0 Å². The van der Waals surface area contributed by atoms with Gasteiger partial charge in [-0.05, 0) is 90.9 Å². The standard InChI is InChI=1S/C23H36O3/c1-14-12-17(24)13-16-4-7-18-19-8-5-15(6-9-21(25)26)22(19,2)11-10-20(18)23(14,16)3/h6,9,14-16,18-21,25-26H,4-5,7-8,10-13H2,1-3H3/t14?,15?,16?,18-,19-,20+,22+,23-/m0/s1. The van der Waals surface area contributed by atoms with E-state index < -0.39 is 6.29 Å². The molecule has 0 aliphatic heterocycles. The number of carbonyl (C=O) groups is 1. The lowest BCUT2D eigenvalue weighted by molar-refractivity contribution is -0.151. The summed E-state index contributed by atoms with van der Waals surface area (Å²) in [5.41, 5.74) is 0.650. The van der Waals surface area contributed by atoms with Crippen LogP contribution >= 0.6 is 0 Å². The zero-order valence-electron chi connectivity index (χ0n) is 16.7. The Morgan fingerprint density at radius 1 is 1.04 bits per heavy atom. The molecule has 4 saturated carbocycles. The molecule has 0 amide bonds. The molecular formula is C23H36O3. The summed E-state index contributed by atoms with van der Waals surface area (Å²) >= 11 is 0. The third-order valence-electron chi connectivity index (χ3n) is 9.62. The van der Waals surface area contributed by atoms with Crippen molar-refractivity contribution >= 4 is 5.78 Å². The lowest BCUT2D eigenvalue weighted by Gasteiger charge is -2.62. The Kier molecular flexibility index (Phi) is 4.63. The largest absolute Gasteiger partial charge is 0.365 e. The number of aliphatic hydroxyl groups is 2. The zero-order valence-corrected chi connectivity index (χ0v) is 16.7. The molecule has 4 rings (SSSR count). The van der Waals surface area contributed by atoms with Gasteiger partial charge in [-0.3, -0.25) is 4.79 Å². The Morgan fingerprint density at radius 2 is 1.81 bits per heavy atom. The maximum atomic E-state index is 12.2. The predicted octanol–water partition coefficient (Wildman–Crippen LogP) is 4.33. The second kappa shape index (κ2) is 6.44. The minimum absolute atomic E-state index is 0.309. The van der Waals surface area contributed by atoms with Gasteiger partial charge in [-0.1, -0.05) is 26.8 Å². The van der Waals surface area contributed by atoms with Crippen molar-refractivity contribution in [2.24, 2.45) is 46.3 Å². The van der Waals surface area contributed by atoms with Gasteiger partial charge in [-0.25, -0.2) is 0 Å². The second-order valence-corrected chi connectivity index (χ2v) is 10.4. The van der Waals surface area contributed by atoms with Crippen LogP contribution in [0.15, 0.2) is 12.2 Å². The average molecular weight is 361 g/mol. The minimum Gasteiger partial charge on any atom is -0.365 e. The van der Waals surface area contributed by atoms with Crippen molar-refractivity contribution in [1.29, 1.82) is 0 Å². The fraction of sp³-hybridized carbons (Fsp3) is 0.870. The third-order valence-corrected chi connectivity index (χ3v) is 9.62. The van der Waals surface area contributed by atoms with Crippen LogP contribution in [0.4, 0.5) is 0 Å². The summed E-state index contributed by atoms with van der Waals surface area (Å²) in [6, 6.07) is 0. The molecule has 0 radical (unpaired) electrons. The number of hydrogen-bond acceptors (Lipinski definition) is 3. The smallest absolute Gasteiger partial charge is 0.171 e. The van der Waals surface area contributed by atoms with Crippen molar-refractivity contribution in [2.45, 2.75) is 78.4 Å². The van der Waals surface area contributed by atoms with Crippen LogP contribution in [0.1, 0.15) is 72.1 Å². The van der Waals surface area contributed by atoms with E-state index in [0.29, 0.717) is 34.4 Å². The first-order valence-corrected chi connectivity index (χ1v) is 10.8. The first-order valence-electron chi connectivity index (χ1n) is 10.8. The van der Waals surface area contributed by atoms with Gasteiger partial charge in [0.2, 0.25) is 0 Å². The zero-order chi connectivity index (χ0) is 18.7. The van der Waals surface area contributed by atoms with E-state index in [4.69, 9.17) is 0 Å². The topological polar surface area (TPSA) is 57.5 Å². The maximum Gasteiger partial charge on any atom is 0.171 e. The van der Waals surface area contributed by atoms with Crippen LogP contribution in [0.2, 0.25) is 0 Å². The highest BCUT2D eigenvalue weighted by Crippen LogP contribution is 2.68. The molecule has 8 atom stereocenters. The lowest BCUT2D eigenvalue weighted by atomic mass is 9.43. The van der Waals surface area contributed by atoms with Crippen molar-refractivity contribution in [1.82, 2.24) is 0 Å². The number of ketones is 1. The van der Waals surface area contributed by atoms with Crippen LogP contribution in [0.25, 0.3) is 0 Å². The highest BCUT2D eigenvalue weighted by Gasteiger charge is 2.61. The van der Waals surface area contributed by atoms with Crippen LogP contribution in [-0.4, -0.2) is 22.3 Å². The first-order chi connectivity index (χ1) is 12.3. The van der Waals surface area contributed by atoms with E-state index in [2.05, 4.69) is 26.8 Å². The number of rotatable bonds is 2. The van der Waals surface area contributed by atoms with Gasteiger partial charge in [0.15, 0.2) is 6.29 Å². The summed E-state index contributed by atoms with van der Waals surface area (Å²) in [6.07, 6.45) is 11.5. The van der Waals surface area contributed by atoms with E-state index >= 15 is 0 Å². The van der Waals surface area contributed by atoms with Crippen LogP contribution in [-0.2, 0) is 4.79 Å². The number of fused-ring (bicyclic) bond motifs is 5. The Morgan fingerprint density at radius 3 is 2.54 bits per heavy atom. The van der Waals surface area contributed by atoms with Gasteiger partial charge in [-0.2, -0.15) is 0 Å². The average Bonchev–Trinajstić information content (AvgIpc) is 2.91. The number of aliphatic hydroxyl groups excluding tert-OH is 1. The molecule has 4 aliphatic carbocycles. The van der Waals surface area contributed by atoms with Crippen molar-refractivity contribution in [3.63, 3.8) is 0 Å². The molecule has 0 bridgehead atoms. The SMILES string of the molecule is CC1CC(=O)CC2CC[C@@H]3[C@@H](CC[C@]4(C)C(C=CC(O)O)CC[C@@H]34)[C@@]12C. The number of carbonyl (C=O) groups excluding carboxylic acids is 1. The summed E-state index contributed by atoms with van der Waals surface area (Å²) in [6.45, 7) is 7.31. The Balaban J connectivity index is 1.60. The molecule has 3 unspecified atom stereocenters. The monoisotopic (exact) mass is 360 g/mol. The fourth-order valence-electron chi connectivity index (χ4n) is 8.07. The van der Waals surface area contributed by atoms with E-state index in [1.54, 1.807) is 6.08 Å².